The Bertz CT molecular complexity index is 412. The number of halogens is 2. The molecular formula is C13H17BrFNO2. The van der Waals surface area contributed by atoms with Crippen molar-refractivity contribution in [3.8, 4) is 5.75 Å². The molecule has 5 heteroatoms. The average Bonchev–Trinajstić information content (AvgIpc) is 2.30. The molecule has 1 amide bonds. The van der Waals surface area contributed by atoms with Gasteiger partial charge in [0.25, 0.3) is 5.91 Å². The maximum atomic E-state index is 13.0. The summed E-state index contributed by atoms with van der Waals surface area (Å²) >= 11 is 3.23. The Hall–Kier alpha value is -1.10. The molecule has 0 heterocycles. The molecule has 1 unspecified atom stereocenters. The number of nitrogens with one attached hydrogen (secondary N) is 1. The Kier molecular flexibility index (Phi) is 6.12. The van der Waals surface area contributed by atoms with Crippen molar-refractivity contribution in [2.75, 3.05) is 6.61 Å². The molecule has 0 aliphatic heterocycles. The van der Waals surface area contributed by atoms with Crippen molar-refractivity contribution in [3.05, 3.63) is 28.5 Å². The van der Waals surface area contributed by atoms with Crippen molar-refractivity contribution in [3.63, 3.8) is 0 Å². The van der Waals surface area contributed by atoms with Crippen molar-refractivity contribution in [2.24, 2.45) is 0 Å². The van der Waals surface area contributed by atoms with Crippen LogP contribution in [0.4, 0.5) is 4.39 Å². The van der Waals surface area contributed by atoms with E-state index in [1.165, 1.54) is 12.1 Å². The number of hydrogen-bond donors (Lipinski definition) is 1. The predicted octanol–water partition coefficient (Wildman–Crippen LogP) is 3.27. The van der Waals surface area contributed by atoms with E-state index in [1.807, 2.05) is 6.92 Å². The van der Waals surface area contributed by atoms with Crippen LogP contribution in [0.15, 0.2) is 22.7 Å². The molecule has 0 spiro atoms. The first kappa shape index (κ1) is 15.0. The van der Waals surface area contributed by atoms with Gasteiger partial charge in [0.1, 0.15) is 11.6 Å². The molecule has 0 aromatic heterocycles. The van der Waals surface area contributed by atoms with E-state index in [0.717, 1.165) is 12.8 Å². The molecular weight excluding hydrogens is 301 g/mol. The van der Waals surface area contributed by atoms with Crippen LogP contribution in [-0.2, 0) is 4.79 Å². The van der Waals surface area contributed by atoms with Gasteiger partial charge in [-0.15, -0.1) is 0 Å². The fourth-order valence-electron chi connectivity index (χ4n) is 1.55. The summed E-state index contributed by atoms with van der Waals surface area (Å²) < 4.78 is 18.9. The lowest BCUT2D eigenvalue weighted by molar-refractivity contribution is -0.123. The van der Waals surface area contributed by atoms with Gasteiger partial charge in [-0.2, -0.15) is 0 Å². The van der Waals surface area contributed by atoms with Crippen LogP contribution in [0.1, 0.15) is 26.7 Å². The molecule has 18 heavy (non-hydrogen) atoms. The predicted molar refractivity (Wildman–Crippen MR) is 72.1 cm³/mol. The highest BCUT2D eigenvalue weighted by molar-refractivity contribution is 9.10. The van der Waals surface area contributed by atoms with Gasteiger partial charge in [0.2, 0.25) is 0 Å². The molecule has 1 rings (SSSR count). The lowest BCUT2D eigenvalue weighted by Gasteiger charge is -2.13. The second kappa shape index (κ2) is 7.36. The van der Waals surface area contributed by atoms with Crippen molar-refractivity contribution in [1.29, 1.82) is 0 Å². The van der Waals surface area contributed by atoms with Gasteiger partial charge in [-0.1, -0.05) is 13.3 Å². The third-order valence-corrected chi connectivity index (χ3v) is 3.04. The molecule has 0 fully saturated rings. The van der Waals surface area contributed by atoms with Crippen LogP contribution in [0.2, 0.25) is 0 Å². The van der Waals surface area contributed by atoms with Crippen LogP contribution in [0.3, 0.4) is 0 Å². The zero-order valence-corrected chi connectivity index (χ0v) is 12.1. The summed E-state index contributed by atoms with van der Waals surface area (Å²) in [5.74, 6) is -0.270. The van der Waals surface area contributed by atoms with E-state index in [0.29, 0.717) is 10.2 Å². The molecule has 1 atom stereocenters. The van der Waals surface area contributed by atoms with Crippen molar-refractivity contribution < 1.29 is 13.9 Å². The van der Waals surface area contributed by atoms with Gasteiger partial charge in [-0.25, -0.2) is 4.39 Å². The standard InChI is InChI=1S/C13H17BrFNO2/c1-3-4-9(2)16-13(17)8-18-12-7-10(15)5-6-11(12)14/h5-7,9H,3-4,8H2,1-2H3,(H,16,17). The molecule has 3 nitrogen and oxygen atoms in total. The van der Waals surface area contributed by atoms with Crippen LogP contribution in [0, 0.1) is 5.82 Å². The topological polar surface area (TPSA) is 38.3 Å². The van der Waals surface area contributed by atoms with Gasteiger partial charge in [-0.05, 0) is 41.4 Å². The Morgan fingerprint density at radius 1 is 1.56 bits per heavy atom. The van der Waals surface area contributed by atoms with Gasteiger partial charge >= 0.3 is 0 Å². The minimum absolute atomic E-state index is 0.115. The molecule has 100 valence electrons. The first-order valence-corrected chi connectivity index (χ1v) is 6.69. The van der Waals surface area contributed by atoms with Gasteiger partial charge in [0, 0.05) is 12.1 Å². The van der Waals surface area contributed by atoms with E-state index in [9.17, 15) is 9.18 Å². The Labute approximate surface area is 115 Å². The van der Waals surface area contributed by atoms with Gasteiger partial charge in [0.05, 0.1) is 4.47 Å². The molecule has 0 saturated carbocycles. The summed E-state index contributed by atoms with van der Waals surface area (Å²) in [5.41, 5.74) is 0. The fraction of sp³-hybridized carbons (Fsp3) is 0.462. The van der Waals surface area contributed by atoms with E-state index in [2.05, 4.69) is 28.2 Å². The Balaban J connectivity index is 2.45. The van der Waals surface area contributed by atoms with E-state index < -0.39 is 5.82 Å². The van der Waals surface area contributed by atoms with E-state index in [4.69, 9.17) is 4.74 Å². The number of hydrogen-bond acceptors (Lipinski definition) is 2. The molecule has 0 radical (unpaired) electrons. The summed E-state index contributed by atoms with van der Waals surface area (Å²) in [6.45, 7) is 3.89. The van der Waals surface area contributed by atoms with E-state index in [1.54, 1.807) is 6.07 Å². The van der Waals surface area contributed by atoms with Crippen LogP contribution < -0.4 is 10.1 Å². The molecule has 0 saturated heterocycles. The number of rotatable bonds is 6. The summed E-state index contributed by atoms with van der Waals surface area (Å²) in [5, 5.41) is 2.81. The largest absolute Gasteiger partial charge is 0.482 e. The monoisotopic (exact) mass is 317 g/mol. The lowest BCUT2D eigenvalue weighted by atomic mass is 10.2. The van der Waals surface area contributed by atoms with Crippen LogP contribution in [-0.4, -0.2) is 18.6 Å². The summed E-state index contributed by atoms with van der Waals surface area (Å²) in [6.07, 6.45) is 1.94. The highest BCUT2D eigenvalue weighted by Gasteiger charge is 2.09. The van der Waals surface area contributed by atoms with Crippen LogP contribution in [0.25, 0.3) is 0 Å². The first-order valence-electron chi connectivity index (χ1n) is 5.90. The van der Waals surface area contributed by atoms with E-state index >= 15 is 0 Å². The smallest absolute Gasteiger partial charge is 0.258 e. The van der Waals surface area contributed by atoms with Crippen LogP contribution >= 0.6 is 15.9 Å². The van der Waals surface area contributed by atoms with Gasteiger partial charge < -0.3 is 10.1 Å². The average molecular weight is 318 g/mol. The number of carbonyl (C=O) groups excluding carboxylic acids is 1. The summed E-state index contributed by atoms with van der Waals surface area (Å²) in [4.78, 5) is 11.6. The van der Waals surface area contributed by atoms with Crippen molar-refractivity contribution in [2.45, 2.75) is 32.7 Å². The van der Waals surface area contributed by atoms with Crippen LogP contribution in [0.5, 0.6) is 5.75 Å². The quantitative estimate of drug-likeness (QED) is 0.874. The first-order chi connectivity index (χ1) is 8.52. The Morgan fingerprint density at radius 3 is 2.94 bits per heavy atom. The third-order valence-electron chi connectivity index (χ3n) is 2.38. The molecule has 1 aromatic rings. The SMILES string of the molecule is CCCC(C)NC(=O)COc1cc(F)ccc1Br. The van der Waals surface area contributed by atoms with E-state index in [-0.39, 0.29) is 18.6 Å². The molecule has 0 aliphatic rings. The minimum Gasteiger partial charge on any atom is -0.482 e. The summed E-state index contributed by atoms with van der Waals surface area (Å²) in [7, 11) is 0. The molecule has 0 bridgehead atoms. The molecule has 1 N–H and O–H groups in total. The Morgan fingerprint density at radius 2 is 2.28 bits per heavy atom. The normalized spacial score (nSPS) is 12.0. The molecule has 0 aliphatic carbocycles. The third kappa shape index (κ3) is 5.04. The number of benzene rings is 1. The second-order valence-corrected chi connectivity index (χ2v) is 4.97. The number of carbonyl (C=O) groups is 1. The summed E-state index contributed by atoms with van der Waals surface area (Å²) in [6, 6.07) is 4.23. The lowest BCUT2D eigenvalue weighted by Crippen LogP contribution is -2.35. The number of amides is 1. The molecule has 1 aromatic carbocycles. The second-order valence-electron chi connectivity index (χ2n) is 4.12. The maximum absolute atomic E-state index is 13.0. The van der Waals surface area contributed by atoms with Gasteiger partial charge in [0.15, 0.2) is 6.61 Å². The fourth-order valence-corrected chi connectivity index (χ4v) is 1.91. The minimum atomic E-state index is -0.395. The van der Waals surface area contributed by atoms with Crippen molar-refractivity contribution >= 4 is 21.8 Å². The maximum Gasteiger partial charge on any atom is 0.258 e. The highest BCUT2D eigenvalue weighted by Crippen LogP contribution is 2.25. The number of ether oxygens (including phenoxy) is 1. The zero-order chi connectivity index (χ0) is 13.5. The zero-order valence-electron chi connectivity index (χ0n) is 10.5. The highest BCUT2D eigenvalue weighted by atomic mass is 79.9. The van der Waals surface area contributed by atoms with Gasteiger partial charge in [-0.3, -0.25) is 4.79 Å². The van der Waals surface area contributed by atoms with Crippen molar-refractivity contribution in [1.82, 2.24) is 5.32 Å².